The molecule has 1 heterocycles. The molecule has 0 amide bonds. The number of nitrogens with zero attached hydrogens (tertiary/aromatic N) is 2. The smallest absolute Gasteiger partial charge is 0.160 e. The second-order valence-corrected chi connectivity index (χ2v) is 6.30. The Labute approximate surface area is 154 Å². The molecular weight excluding hydrogens is 322 g/mol. The van der Waals surface area contributed by atoms with Crippen LogP contribution in [-0.4, -0.2) is 15.6 Å². The zero-order chi connectivity index (χ0) is 18.2. The van der Waals surface area contributed by atoms with Gasteiger partial charge in [-0.05, 0) is 42.2 Å². The van der Waals surface area contributed by atoms with Crippen LogP contribution in [-0.2, 0) is 24.2 Å². The van der Waals surface area contributed by atoms with Crippen molar-refractivity contribution in [2.75, 3.05) is 5.73 Å². The summed E-state index contributed by atoms with van der Waals surface area (Å²) >= 11 is 0. The number of benzene rings is 2. The molecule has 0 atom stereocenters. The summed E-state index contributed by atoms with van der Waals surface area (Å²) in [7, 11) is 0. The molecule has 4 nitrogen and oxygen atoms in total. The number of ketones is 1. The molecule has 0 radical (unpaired) electrons. The minimum atomic E-state index is 0.0275. The quantitative estimate of drug-likeness (QED) is 0.497. The molecule has 2 aromatic carbocycles. The third kappa shape index (κ3) is 5.18. The molecule has 26 heavy (non-hydrogen) atoms. The number of anilines is 1. The number of nitrogens with two attached hydrogens (primary N) is 1. The summed E-state index contributed by atoms with van der Waals surface area (Å²) in [5.41, 5.74) is 9.66. The van der Waals surface area contributed by atoms with Gasteiger partial charge in [-0.2, -0.15) is 5.10 Å². The van der Waals surface area contributed by atoms with Crippen molar-refractivity contribution in [2.24, 2.45) is 0 Å². The Hall–Kier alpha value is -3.14. The minimum Gasteiger partial charge on any atom is -0.398 e. The van der Waals surface area contributed by atoms with E-state index in [1.165, 1.54) is 5.56 Å². The van der Waals surface area contributed by atoms with Gasteiger partial charge in [-0.25, -0.2) is 0 Å². The van der Waals surface area contributed by atoms with Gasteiger partial charge in [0.1, 0.15) is 0 Å². The van der Waals surface area contributed by atoms with E-state index in [0.29, 0.717) is 12.1 Å². The van der Waals surface area contributed by atoms with Crippen molar-refractivity contribution >= 4 is 17.5 Å². The van der Waals surface area contributed by atoms with Crippen LogP contribution in [0.3, 0.4) is 0 Å². The fourth-order valence-electron chi connectivity index (χ4n) is 2.81. The molecular formula is C22H23N3O. The fourth-order valence-corrected chi connectivity index (χ4v) is 2.81. The number of aryl methyl sites for hydroxylation is 2. The van der Waals surface area contributed by atoms with Crippen molar-refractivity contribution < 1.29 is 4.79 Å². The van der Waals surface area contributed by atoms with Crippen LogP contribution >= 0.6 is 0 Å². The highest BCUT2D eigenvalue weighted by Gasteiger charge is 2.03. The standard InChI is InChI=1S/C22H23N3O/c23-22-11-5-4-10-20(22)15-21(26)13-12-19-16-24-25(17-19)14-6-9-18-7-2-1-3-8-18/h1-5,7-8,10-13,16-17H,6,9,14-15,23H2/b13-12+. The van der Waals surface area contributed by atoms with Crippen LogP contribution in [0, 0.1) is 0 Å². The van der Waals surface area contributed by atoms with Gasteiger partial charge in [0, 0.05) is 30.4 Å². The van der Waals surface area contributed by atoms with Gasteiger partial charge in [0.15, 0.2) is 5.78 Å². The average molecular weight is 345 g/mol. The van der Waals surface area contributed by atoms with Crippen LogP contribution in [0.5, 0.6) is 0 Å². The van der Waals surface area contributed by atoms with Crippen molar-refractivity contribution in [2.45, 2.75) is 25.8 Å². The maximum absolute atomic E-state index is 12.1. The lowest BCUT2D eigenvalue weighted by Gasteiger charge is -2.02. The number of allylic oxidation sites excluding steroid dienone is 1. The number of para-hydroxylation sites is 1. The zero-order valence-electron chi connectivity index (χ0n) is 14.7. The van der Waals surface area contributed by atoms with Gasteiger partial charge in [-0.15, -0.1) is 0 Å². The lowest BCUT2D eigenvalue weighted by Crippen LogP contribution is -2.01. The molecule has 3 rings (SSSR count). The third-order valence-electron chi connectivity index (χ3n) is 4.23. The van der Waals surface area contributed by atoms with Gasteiger partial charge in [0.2, 0.25) is 0 Å². The summed E-state index contributed by atoms with van der Waals surface area (Å²) in [6, 6.07) is 17.9. The van der Waals surface area contributed by atoms with Crippen molar-refractivity contribution in [1.82, 2.24) is 9.78 Å². The van der Waals surface area contributed by atoms with E-state index in [2.05, 4.69) is 29.4 Å². The number of carbonyl (C=O) groups is 1. The monoisotopic (exact) mass is 345 g/mol. The van der Waals surface area contributed by atoms with Crippen LogP contribution in [0.25, 0.3) is 6.08 Å². The number of carbonyl (C=O) groups excluding carboxylic acids is 1. The van der Waals surface area contributed by atoms with Crippen LogP contribution in [0.4, 0.5) is 5.69 Å². The Morgan fingerprint density at radius 3 is 2.65 bits per heavy atom. The Morgan fingerprint density at radius 2 is 1.85 bits per heavy atom. The Morgan fingerprint density at radius 1 is 1.08 bits per heavy atom. The first kappa shape index (κ1) is 17.7. The molecule has 0 aliphatic rings. The highest BCUT2D eigenvalue weighted by Crippen LogP contribution is 2.12. The molecule has 1 aromatic heterocycles. The molecule has 0 spiro atoms. The lowest BCUT2D eigenvalue weighted by molar-refractivity contribution is -0.113. The number of nitrogen functional groups attached to an aromatic ring is 1. The zero-order valence-corrected chi connectivity index (χ0v) is 14.7. The largest absolute Gasteiger partial charge is 0.398 e. The van der Waals surface area contributed by atoms with E-state index in [0.717, 1.165) is 30.5 Å². The molecule has 2 N–H and O–H groups in total. The van der Waals surface area contributed by atoms with Gasteiger partial charge in [0.05, 0.1) is 6.20 Å². The maximum Gasteiger partial charge on any atom is 0.160 e. The van der Waals surface area contributed by atoms with Gasteiger partial charge in [-0.3, -0.25) is 9.48 Å². The van der Waals surface area contributed by atoms with E-state index in [9.17, 15) is 4.79 Å². The van der Waals surface area contributed by atoms with E-state index in [1.54, 1.807) is 12.3 Å². The average Bonchev–Trinajstić information content (AvgIpc) is 3.11. The van der Waals surface area contributed by atoms with Gasteiger partial charge in [-0.1, -0.05) is 48.5 Å². The summed E-state index contributed by atoms with van der Waals surface area (Å²) < 4.78 is 1.92. The summed E-state index contributed by atoms with van der Waals surface area (Å²) in [6.45, 7) is 0.858. The maximum atomic E-state index is 12.1. The number of hydrogen-bond acceptors (Lipinski definition) is 3. The molecule has 0 unspecified atom stereocenters. The molecule has 0 fully saturated rings. The first-order chi connectivity index (χ1) is 12.7. The summed E-state index contributed by atoms with van der Waals surface area (Å²) in [6.07, 6.45) is 9.52. The molecule has 132 valence electrons. The summed E-state index contributed by atoms with van der Waals surface area (Å²) in [4.78, 5) is 12.1. The third-order valence-corrected chi connectivity index (χ3v) is 4.23. The van der Waals surface area contributed by atoms with E-state index < -0.39 is 0 Å². The number of aromatic nitrogens is 2. The first-order valence-corrected chi connectivity index (χ1v) is 8.81. The molecule has 0 saturated heterocycles. The summed E-state index contributed by atoms with van der Waals surface area (Å²) in [5, 5.41) is 4.36. The Kier molecular flexibility index (Phi) is 5.99. The van der Waals surface area contributed by atoms with Crippen LogP contribution in [0.1, 0.15) is 23.1 Å². The number of hydrogen-bond donors (Lipinski definition) is 1. The molecule has 0 bridgehead atoms. The molecule has 0 aliphatic heterocycles. The van der Waals surface area contributed by atoms with Crippen molar-refractivity contribution in [3.8, 4) is 0 Å². The van der Waals surface area contributed by atoms with E-state index >= 15 is 0 Å². The minimum absolute atomic E-state index is 0.0275. The SMILES string of the molecule is Nc1ccccc1CC(=O)/C=C/c1cnn(CCCc2ccccc2)c1. The predicted octanol–water partition coefficient (Wildman–Crippen LogP) is 3.92. The highest BCUT2D eigenvalue weighted by molar-refractivity contribution is 5.95. The highest BCUT2D eigenvalue weighted by atomic mass is 16.1. The first-order valence-electron chi connectivity index (χ1n) is 8.81. The Bertz CT molecular complexity index is 881. The normalized spacial score (nSPS) is 11.1. The van der Waals surface area contributed by atoms with Crippen LogP contribution in [0.15, 0.2) is 73.1 Å². The van der Waals surface area contributed by atoms with Gasteiger partial charge >= 0.3 is 0 Å². The Balaban J connectivity index is 1.49. The predicted molar refractivity (Wildman–Crippen MR) is 106 cm³/mol. The topological polar surface area (TPSA) is 60.9 Å². The molecule has 4 heteroatoms. The second kappa shape index (κ2) is 8.81. The van der Waals surface area contributed by atoms with E-state index in [1.807, 2.05) is 47.3 Å². The van der Waals surface area contributed by atoms with Crippen LogP contribution < -0.4 is 5.73 Å². The second-order valence-electron chi connectivity index (χ2n) is 6.30. The summed E-state index contributed by atoms with van der Waals surface area (Å²) in [5.74, 6) is 0.0275. The van der Waals surface area contributed by atoms with E-state index in [4.69, 9.17) is 5.73 Å². The van der Waals surface area contributed by atoms with Crippen molar-refractivity contribution in [3.05, 3.63) is 89.8 Å². The lowest BCUT2D eigenvalue weighted by atomic mass is 10.1. The van der Waals surface area contributed by atoms with Crippen molar-refractivity contribution in [3.63, 3.8) is 0 Å². The molecule has 0 aliphatic carbocycles. The molecule has 0 saturated carbocycles. The number of rotatable bonds is 8. The fraction of sp³-hybridized carbons (Fsp3) is 0.182. The van der Waals surface area contributed by atoms with Crippen molar-refractivity contribution in [1.29, 1.82) is 0 Å². The van der Waals surface area contributed by atoms with E-state index in [-0.39, 0.29) is 5.78 Å². The molecule has 3 aromatic rings. The van der Waals surface area contributed by atoms with Crippen LogP contribution in [0.2, 0.25) is 0 Å². The van der Waals surface area contributed by atoms with Gasteiger partial charge in [0.25, 0.3) is 0 Å². The van der Waals surface area contributed by atoms with Gasteiger partial charge < -0.3 is 5.73 Å².